The van der Waals surface area contributed by atoms with E-state index in [1.165, 1.54) is 0 Å². The Balaban J connectivity index is 1.43. The van der Waals surface area contributed by atoms with E-state index in [0.29, 0.717) is 28.0 Å². The predicted molar refractivity (Wildman–Crippen MR) is 134 cm³/mol. The molecule has 1 unspecified atom stereocenters. The van der Waals surface area contributed by atoms with Gasteiger partial charge in [0.05, 0.1) is 17.8 Å². The Morgan fingerprint density at radius 2 is 1.88 bits per heavy atom. The number of methoxy groups -OCH3 is 1. The number of halogens is 1. The molecule has 2 aromatic carbocycles. The van der Waals surface area contributed by atoms with Crippen molar-refractivity contribution in [3.63, 3.8) is 0 Å². The standard InChI is InChI=1S/C25H29ClN2O5S/c1-25(13-10-21(11-14-25)32-20-7-5-19(31-3)6-8-20)34(29,30)27-18-4-9-23(26)24(16-18)33-22-12-15-28(2)17-22/h4-11,13,16,22,27H,12,14-15,17H2,1-3H3/t22-,25?/m1/s1. The molecule has 1 saturated heterocycles. The molecule has 1 aliphatic carbocycles. The molecule has 1 fully saturated rings. The second-order valence-corrected chi connectivity index (χ2v) is 11.3. The van der Waals surface area contributed by atoms with E-state index in [0.717, 1.165) is 25.3 Å². The van der Waals surface area contributed by atoms with Gasteiger partial charge in [0.1, 0.15) is 33.9 Å². The van der Waals surface area contributed by atoms with E-state index < -0.39 is 14.8 Å². The molecule has 0 radical (unpaired) electrons. The summed E-state index contributed by atoms with van der Waals surface area (Å²) in [4.78, 5) is 2.18. The molecule has 34 heavy (non-hydrogen) atoms. The average Bonchev–Trinajstić information content (AvgIpc) is 3.22. The maximum Gasteiger partial charge on any atom is 0.242 e. The molecule has 0 spiro atoms. The largest absolute Gasteiger partial charge is 0.497 e. The van der Waals surface area contributed by atoms with Crippen LogP contribution in [-0.2, 0) is 10.0 Å². The number of likely N-dealkylation sites (tertiary alicyclic amines) is 1. The van der Waals surface area contributed by atoms with Gasteiger partial charge in [0.25, 0.3) is 0 Å². The van der Waals surface area contributed by atoms with Crippen molar-refractivity contribution in [3.8, 4) is 17.2 Å². The fourth-order valence-corrected chi connectivity index (χ4v) is 5.23. The number of rotatable bonds is 8. The minimum Gasteiger partial charge on any atom is -0.497 e. The highest BCUT2D eigenvalue weighted by molar-refractivity contribution is 7.94. The summed E-state index contributed by atoms with van der Waals surface area (Å²) in [6.45, 7) is 3.44. The number of hydrogen-bond acceptors (Lipinski definition) is 6. The summed E-state index contributed by atoms with van der Waals surface area (Å²) >= 11 is 6.30. The Hall–Kier alpha value is -2.68. The van der Waals surface area contributed by atoms with Gasteiger partial charge in [-0.15, -0.1) is 0 Å². The summed E-state index contributed by atoms with van der Waals surface area (Å²) in [6, 6.07) is 12.1. The summed E-state index contributed by atoms with van der Waals surface area (Å²) < 4.78 is 45.1. The zero-order valence-electron chi connectivity index (χ0n) is 19.5. The van der Waals surface area contributed by atoms with Gasteiger partial charge in [-0.05, 0) is 75.4 Å². The van der Waals surface area contributed by atoms with E-state index in [1.54, 1.807) is 74.7 Å². The minimum atomic E-state index is -3.77. The molecule has 0 bridgehead atoms. The Morgan fingerprint density at radius 1 is 1.15 bits per heavy atom. The van der Waals surface area contributed by atoms with Crippen molar-refractivity contribution in [2.24, 2.45) is 0 Å². The first kappa shape index (κ1) is 24.4. The van der Waals surface area contributed by atoms with E-state index in [4.69, 9.17) is 25.8 Å². The number of likely N-dealkylation sites (N-methyl/N-ethyl adjacent to an activating group) is 1. The first-order chi connectivity index (χ1) is 16.2. The van der Waals surface area contributed by atoms with E-state index in [9.17, 15) is 8.42 Å². The number of nitrogens with zero attached hydrogens (tertiary/aromatic N) is 1. The maximum absolute atomic E-state index is 13.3. The molecule has 2 aliphatic rings. The summed E-state index contributed by atoms with van der Waals surface area (Å²) in [5, 5.41) is 0.449. The SMILES string of the molecule is COc1ccc(OC2=CCC(C)(S(=O)(=O)Nc3ccc(Cl)c(O[C@@H]4CCN(C)C4)c3)C=C2)cc1. The number of allylic oxidation sites excluding steroid dienone is 2. The van der Waals surface area contributed by atoms with Crippen LogP contribution in [0, 0.1) is 0 Å². The zero-order chi connectivity index (χ0) is 24.3. The number of ether oxygens (including phenoxy) is 3. The number of benzene rings is 2. The van der Waals surface area contributed by atoms with Crippen molar-refractivity contribution in [1.29, 1.82) is 0 Å². The second kappa shape index (κ2) is 9.90. The lowest BCUT2D eigenvalue weighted by Crippen LogP contribution is -2.38. The van der Waals surface area contributed by atoms with Crippen LogP contribution in [0.3, 0.4) is 0 Å². The van der Waals surface area contributed by atoms with Crippen molar-refractivity contribution in [1.82, 2.24) is 4.90 Å². The third-order valence-electron chi connectivity index (χ3n) is 6.04. The van der Waals surface area contributed by atoms with Crippen LogP contribution in [-0.4, -0.2) is 51.4 Å². The quantitative estimate of drug-likeness (QED) is 0.553. The number of nitrogens with one attached hydrogen (secondary N) is 1. The lowest BCUT2D eigenvalue weighted by Gasteiger charge is -2.28. The lowest BCUT2D eigenvalue weighted by atomic mass is 10.0. The molecule has 4 rings (SSSR count). The molecule has 0 aromatic heterocycles. The molecule has 1 aliphatic heterocycles. The molecular formula is C25H29ClN2O5S. The van der Waals surface area contributed by atoms with Crippen LogP contribution in [0.5, 0.6) is 17.2 Å². The normalized spacial score (nSPS) is 22.8. The van der Waals surface area contributed by atoms with Crippen molar-refractivity contribution in [2.75, 3.05) is 32.0 Å². The Labute approximate surface area is 206 Å². The fraction of sp³-hybridized carbons (Fsp3) is 0.360. The average molecular weight is 505 g/mol. The van der Waals surface area contributed by atoms with E-state index >= 15 is 0 Å². The molecule has 182 valence electrons. The van der Waals surface area contributed by atoms with Gasteiger partial charge in [0, 0.05) is 19.2 Å². The highest BCUT2D eigenvalue weighted by Crippen LogP contribution is 2.34. The smallest absolute Gasteiger partial charge is 0.242 e. The van der Waals surface area contributed by atoms with E-state index in [-0.39, 0.29) is 12.5 Å². The van der Waals surface area contributed by atoms with E-state index in [2.05, 4.69) is 9.62 Å². The van der Waals surface area contributed by atoms with Crippen molar-refractivity contribution < 1.29 is 22.6 Å². The highest BCUT2D eigenvalue weighted by Gasteiger charge is 2.38. The van der Waals surface area contributed by atoms with Gasteiger partial charge in [-0.1, -0.05) is 17.7 Å². The number of sulfonamides is 1. The van der Waals surface area contributed by atoms with Crippen LogP contribution >= 0.6 is 11.6 Å². The molecule has 1 heterocycles. The molecule has 9 heteroatoms. The summed E-state index contributed by atoms with van der Waals surface area (Å²) in [7, 11) is -0.129. The summed E-state index contributed by atoms with van der Waals surface area (Å²) in [5.74, 6) is 2.43. The van der Waals surface area contributed by atoms with Crippen LogP contribution < -0.4 is 18.9 Å². The van der Waals surface area contributed by atoms with Crippen LogP contribution in [0.1, 0.15) is 19.8 Å². The van der Waals surface area contributed by atoms with Gasteiger partial charge in [-0.3, -0.25) is 4.72 Å². The number of hydrogen-bond donors (Lipinski definition) is 1. The molecule has 7 nitrogen and oxygen atoms in total. The van der Waals surface area contributed by atoms with Gasteiger partial charge in [0.2, 0.25) is 10.0 Å². The van der Waals surface area contributed by atoms with Crippen LogP contribution in [0.4, 0.5) is 5.69 Å². The van der Waals surface area contributed by atoms with Crippen molar-refractivity contribution >= 4 is 27.3 Å². The van der Waals surface area contributed by atoms with Gasteiger partial charge in [-0.25, -0.2) is 8.42 Å². The first-order valence-corrected chi connectivity index (χ1v) is 12.9. The van der Waals surface area contributed by atoms with E-state index in [1.807, 2.05) is 7.05 Å². The molecule has 0 saturated carbocycles. The second-order valence-electron chi connectivity index (χ2n) is 8.78. The van der Waals surface area contributed by atoms with Crippen LogP contribution in [0.25, 0.3) is 0 Å². The van der Waals surface area contributed by atoms with Crippen molar-refractivity contribution in [3.05, 3.63) is 71.5 Å². The Bertz CT molecular complexity index is 1200. The zero-order valence-corrected chi connectivity index (χ0v) is 21.0. The molecule has 2 atom stereocenters. The van der Waals surface area contributed by atoms with Gasteiger partial charge in [0.15, 0.2) is 0 Å². The minimum absolute atomic E-state index is 0.0300. The summed E-state index contributed by atoms with van der Waals surface area (Å²) in [6.07, 6.45) is 6.29. The highest BCUT2D eigenvalue weighted by atomic mass is 35.5. The van der Waals surface area contributed by atoms with Gasteiger partial charge >= 0.3 is 0 Å². The molecule has 2 aromatic rings. The van der Waals surface area contributed by atoms with Gasteiger partial charge < -0.3 is 19.1 Å². The van der Waals surface area contributed by atoms with Crippen molar-refractivity contribution in [2.45, 2.75) is 30.6 Å². The third kappa shape index (κ3) is 5.51. The number of anilines is 1. The van der Waals surface area contributed by atoms with Crippen LogP contribution in [0.15, 0.2) is 66.5 Å². The Kier molecular flexibility index (Phi) is 7.12. The Morgan fingerprint density at radius 3 is 2.50 bits per heavy atom. The summed E-state index contributed by atoms with van der Waals surface area (Å²) in [5.41, 5.74) is 0.407. The maximum atomic E-state index is 13.3. The molecule has 1 N–H and O–H groups in total. The monoisotopic (exact) mass is 504 g/mol. The predicted octanol–water partition coefficient (Wildman–Crippen LogP) is 4.85. The van der Waals surface area contributed by atoms with Gasteiger partial charge in [-0.2, -0.15) is 0 Å². The fourth-order valence-electron chi connectivity index (χ4n) is 3.85. The topological polar surface area (TPSA) is 77.1 Å². The third-order valence-corrected chi connectivity index (χ3v) is 8.39. The molecule has 0 amide bonds. The molecular weight excluding hydrogens is 476 g/mol. The van der Waals surface area contributed by atoms with Crippen LogP contribution in [0.2, 0.25) is 5.02 Å². The lowest BCUT2D eigenvalue weighted by molar-refractivity contribution is 0.208. The first-order valence-electron chi connectivity index (χ1n) is 11.1.